The highest BCUT2D eigenvalue weighted by atomic mass is 15.1. The van der Waals surface area contributed by atoms with Crippen molar-refractivity contribution in [3.05, 3.63) is 47.5 Å². The second kappa shape index (κ2) is 5.39. The molecule has 0 unspecified atom stereocenters. The summed E-state index contributed by atoms with van der Waals surface area (Å²) in [6.07, 6.45) is 0. The monoisotopic (exact) mass is 308 g/mol. The maximum Gasteiger partial charge on any atom is 0.141 e. The van der Waals surface area contributed by atoms with E-state index in [1.165, 1.54) is 11.1 Å². The fraction of sp³-hybridized carbons (Fsp3) is 0.316. The molecule has 4 heteroatoms. The lowest BCUT2D eigenvalue weighted by Gasteiger charge is -2.21. The lowest BCUT2D eigenvalue weighted by Crippen LogP contribution is -2.37. The average molecular weight is 308 g/mol. The Balaban J connectivity index is 2.29. The number of fused-ring (bicyclic) bond motifs is 1. The minimum atomic E-state index is -0.332. The Kier molecular flexibility index (Phi) is 3.65. The van der Waals surface area contributed by atoms with Gasteiger partial charge in [-0.15, -0.1) is 0 Å². The number of aromatic nitrogens is 2. The van der Waals surface area contributed by atoms with Crippen molar-refractivity contribution in [3.8, 4) is 11.4 Å². The summed E-state index contributed by atoms with van der Waals surface area (Å²) in [5.74, 6) is 0.913. The molecule has 4 nitrogen and oxygen atoms in total. The van der Waals surface area contributed by atoms with Gasteiger partial charge >= 0.3 is 0 Å². The molecule has 1 aromatic heterocycles. The fourth-order valence-electron chi connectivity index (χ4n) is 2.85. The Morgan fingerprint density at radius 1 is 1.09 bits per heavy atom. The Labute approximate surface area is 137 Å². The van der Waals surface area contributed by atoms with Gasteiger partial charge in [-0.25, -0.2) is 4.98 Å². The highest BCUT2D eigenvalue weighted by Gasteiger charge is 2.19. The second-order valence-corrected chi connectivity index (χ2v) is 7.06. The smallest absolute Gasteiger partial charge is 0.141 e. The third-order valence-corrected chi connectivity index (χ3v) is 4.07. The summed E-state index contributed by atoms with van der Waals surface area (Å²) in [6.45, 7) is 8.99. The molecule has 0 aliphatic heterocycles. The van der Waals surface area contributed by atoms with Crippen molar-refractivity contribution >= 4 is 16.7 Å². The molecule has 0 bridgehead atoms. The van der Waals surface area contributed by atoms with E-state index in [9.17, 15) is 0 Å². The van der Waals surface area contributed by atoms with E-state index < -0.39 is 0 Å². The van der Waals surface area contributed by atoms with Crippen LogP contribution in [0.15, 0.2) is 36.4 Å². The van der Waals surface area contributed by atoms with Gasteiger partial charge in [0, 0.05) is 23.3 Å². The molecule has 23 heavy (non-hydrogen) atoms. The van der Waals surface area contributed by atoms with Crippen LogP contribution < -0.4 is 11.5 Å². The number of nitrogen functional groups attached to an aromatic ring is 1. The topological polar surface area (TPSA) is 69.9 Å². The molecule has 3 aromatic rings. The summed E-state index contributed by atoms with van der Waals surface area (Å²) in [6, 6.07) is 12.2. The largest absolute Gasteiger partial charge is 0.399 e. The third kappa shape index (κ3) is 3.08. The van der Waals surface area contributed by atoms with Crippen molar-refractivity contribution in [1.29, 1.82) is 0 Å². The normalized spacial score (nSPS) is 12.0. The van der Waals surface area contributed by atoms with Crippen molar-refractivity contribution in [2.75, 3.05) is 5.73 Å². The van der Waals surface area contributed by atoms with Crippen LogP contribution in [0.2, 0.25) is 0 Å². The van der Waals surface area contributed by atoms with Gasteiger partial charge in [0.15, 0.2) is 0 Å². The van der Waals surface area contributed by atoms with E-state index in [1.807, 2.05) is 38.1 Å². The number of imidazole rings is 1. The molecule has 2 aromatic carbocycles. The molecule has 0 fully saturated rings. The molecule has 1 heterocycles. The number of hydrogen-bond acceptors (Lipinski definition) is 3. The quantitative estimate of drug-likeness (QED) is 0.726. The van der Waals surface area contributed by atoms with E-state index in [4.69, 9.17) is 16.5 Å². The van der Waals surface area contributed by atoms with Crippen LogP contribution in [0.3, 0.4) is 0 Å². The molecular formula is C19H24N4. The van der Waals surface area contributed by atoms with Crippen molar-refractivity contribution in [2.45, 2.75) is 39.8 Å². The van der Waals surface area contributed by atoms with Crippen molar-refractivity contribution < 1.29 is 0 Å². The van der Waals surface area contributed by atoms with E-state index >= 15 is 0 Å². The number of nitrogens with two attached hydrogens (primary N) is 2. The zero-order valence-corrected chi connectivity index (χ0v) is 14.2. The van der Waals surface area contributed by atoms with Crippen LogP contribution >= 0.6 is 0 Å². The van der Waals surface area contributed by atoms with Gasteiger partial charge < -0.3 is 16.0 Å². The predicted octanol–water partition coefficient (Wildman–Crippen LogP) is 3.64. The molecular weight excluding hydrogens is 284 g/mol. The van der Waals surface area contributed by atoms with Gasteiger partial charge in [0.25, 0.3) is 0 Å². The maximum atomic E-state index is 6.29. The molecule has 0 saturated heterocycles. The SMILES string of the molecule is Cc1cc2nc(-c3cccc(N)c3)n(CC(C)(C)N)c2cc1C. The van der Waals surface area contributed by atoms with Crippen LogP contribution in [-0.4, -0.2) is 15.1 Å². The number of nitrogens with zero attached hydrogens (tertiary/aromatic N) is 2. The molecule has 0 aliphatic carbocycles. The van der Waals surface area contributed by atoms with E-state index in [2.05, 4.69) is 30.5 Å². The maximum absolute atomic E-state index is 6.29. The summed E-state index contributed by atoms with van der Waals surface area (Å²) < 4.78 is 2.20. The van der Waals surface area contributed by atoms with Crippen molar-refractivity contribution in [2.24, 2.45) is 5.73 Å². The molecule has 120 valence electrons. The summed E-state index contributed by atoms with van der Waals surface area (Å²) in [7, 11) is 0. The zero-order valence-electron chi connectivity index (χ0n) is 14.2. The number of benzene rings is 2. The van der Waals surface area contributed by atoms with E-state index in [1.54, 1.807) is 0 Å². The van der Waals surface area contributed by atoms with Gasteiger partial charge in [-0.3, -0.25) is 0 Å². The van der Waals surface area contributed by atoms with Crippen molar-refractivity contribution in [1.82, 2.24) is 9.55 Å². The zero-order chi connectivity index (χ0) is 16.8. The molecule has 0 amide bonds. The summed E-state index contributed by atoms with van der Waals surface area (Å²) in [5.41, 5.74) is 18.3. The molecule has 4 N–H and O–H groups in total. The fourth-order valence-corrected chi connectivity index (χ4v) is 2.85. The molecule has 0 spiro atoms. The minimum Gasteiger partial charge on any atom is -0.399 e. The molecule has 0 saturated carbocycles. The van der Waals surface area contributed by atoms with Crippen LogP contribution in [0, 0.1) is 13.8 Å². The van der Waals surface area contributed by atoms with E-state index in [-0.39, 0.29) is 5.54 Å². The first-order chi connectivity index (χ1) is 10.7. The van der Waals surface area contributed by atoms with Gasteiger partial charge in [-0.2, -0.15) is 0 Å². The summed E-state index contributed by atoms with van der Waals surface area (Å²) in [4.78, 5) is 4.86. The van der Waals surface area contributed by atoms with Crippen LogP contribution in [-0.2, 0) is 6.54 Å². The van der Waals surface area contributed by atoms with Crippen LogP contribution in [0.5, 0.6) is 0 Å². The number of hydrogen-bond donors (Lipinski definition) is 2. The highest BCUT2D eigenvalue weighted by Crippen LogP contribution is 2.29. The third-order valence-electron chi connectivity index (χ3n) is 4.07. The van der Waals surface area contributed by atoms with E-state index in [0.29, 0.717) is 6.54 Å². The Bertz CT molecular complexity index is 869. The Morgan fingerprint density at radius 3 is 2.43 bits per heavy atom. The summed E-state index contributed by atoms with van der Waals surface area (Å²) in [5, 5.41) is 0. The van der Waals surface area contributed by atoms with Gasteiger partial charge in [-0.1, -0.05) is 12.1 Å². The number of aryl methyl sites for hydroxylation is 2. The van der Waals surface area contributed by atoms with Gasteiger partial charge in [0.2, 0.25) is 0 Å². The first kappa shape index (κ1) is 15.6. The molecule has 0 radical (unpaired) electrons. The molecule has 3 rings (SSSR count). The lowest BCUT2D eigenvalue weighted by atomic mass is 10.1. The minimum absolute atomic E-state index is 0.332. The van der Waals surface area contributed by atoms with Gasteiger partial charge in [-0.05, 0) is 63.1 Å². The Morgan fingerprint density at radius 2 is 1.78 bits per heavy atom. The highest BCUT2D eigenvalue weighted by molar-refractivity contribution is 5.82. The first-order valence-electron chi connectivity index (χ1n) is 7.87. The van der Waals surface area contributed by atoms with Crippen molar-refractivity contribution in [3.63, 3.8) is 0 Å². The molecule has 0 atom stereocenters. The summed E-state index contributed by atoms with van der Waals surface area (Å²) >= 11 is 0. The van der Waals surface area contributed by atoms with Crippen LogP contribution in [0.1, 0.15) is 25.0 Å². The van der Waals surface area contributed by atoms with Gasteiger partial charge in [0.05, 0.1) is 11.0 Å². The molecule has 0 aliphatic rings. The van der Waals surface area contributed by atoms with Gasteiger partial charge in [0.1, 0.15) is 5.82 Å². The number of anilines is 1. The van der Waals surface area contributed by atoms with Crippen LogP contribution in [0.25, 0.3) is 22.4 Å². The Hall–Kier alpha value is -2.33. The first-order valence-corrected chi connectivity index (χ1v) is 7.87. The second-order valence-electron chi connectivity index (χ2n) is 7.06. The number of rotatable bonds is 3. The average Bonchev–Trinajstić information content (AvgIpc) is 2.76. The van der Waals surface area contributed by atoms with Crippen LogP contribution in [0.4, 0.5) is 5.69 Å². The predicted molar refractivity (Wildman–Crippen MR) is 97.3 cm³/mol. The van der Waals surface area contributed by atoms with E-state index in [0.717, 1.165) is 28.1 Å². The lowest BCUT2D eigenvalue weighted by molar-refractivity contribution is 0.442. The standard InChI is InChI=1S/C19H24N4/c1-12-8-16-17(9-13(12)2)23(11-19(3,4)21)18(22-16)14-6-5-7-15(20)10-14/h5-10H,11,20-21H2,1-4H3.